The first-order valence-corrected chi connectivity index (χ1v) is 13.4. The number of benzene rings is 2. The highest BCUT2D eigenvalue weighted by Crippen LogP contribution is 2.31. The summed E-state index contributed by atoms with van der Waals surface area (Å²) in [6.45, 7) is 0.290. The van der Waals surface area contributed by atoms with Gasteiger partial charge in [0.05, 0.1) is 55.5 Å². The zero-order valence-electron chi connectivity index (χ0n) is 21.5. The molecule has 3 aromatic rings. The van der Waals surface area contributed by atoms with Crippen LogP contribution in [0, 0.1) is 11.7 Å². The standard InChI is InChI=1S/C28H30ClF2N3O5/c1-37-27(36)17-6-8-20(9-7-17)38-15-19-13-18(30)14-34(19)25(35)12-16-5-10-23(21(29)11-16)32-28-33-24-4-2-3-22(31)26(24)39-28/h2-5,10-11,17-20H,6-9,12-15H2,1H3,(H,32,33)/t17?,18-,19-,20?/m0/s1. The maximum Gasteiger partial charge on any atom is 0.308 e. The number of carbonyl (C=O) groups is 2. The zero-order chi connectivity index (χ0) is 27.5. The third-order valence-corrected chi connectivity index (χ3v) is 7.73. The number of hydrogen-bond donors (Lipinski definition) is 1. The minimum atomic E-state index is -1.10. The van der Waals surface area contributed by atoms with Crippen LogP contribution in [0.1, 0.15) is 37.7 Å². The van der Waals surface area contributed by atoms with E-state index in [1.54, 1.807) is 35.2 Å². The van der Waals surface area contributed by atoms with Crippen molar-refractivity contribution in [2.24, 2.45) is 5.92 Å². The van der Waals surface area contributed by atoms with E-state index in [-0.39, 0.29) is 67.5 Å². The molecule has 1 N–H and O–H groups in total. The van der Waals surface area contributed by atoms with Crippen molar-refractivity contribution >= 4 is 46.3 Å². The van der Waals surface area contributed by atoms with E-state index >= 15 is 0 Å². The number of oxazole rings is 1. The second-order valence-electron chi connectivity index (χ2n) is 10.1. The van der Waals surface area contributed by atoms with E-state index in [0.29, 0.717) is 34.6 Å². The third kappa shape index (κ3) is 6.33. The number of amides is 1. The van der Waals surface area contributed by atoms with Gasteiger partial charge >= 0.3 is 5.97 Å². The molecule has 11 heteroatoms. The number of esters is 1. The SMILES string of the molecule is COC(=O)C1CCC(OC[C@@H]2C[C@H](F)CN2C(=O)Cc2ccc(Nc3nc4cccc(F)c4o3)c(Cl)c2)CC1. The molecule has 208 valence electrons. The van der Waals surface area contributed by atoms with Gasteiger partial charge in [-0.05, 0) is 55.5 Å². The molecule has 0 unspecified atom stereocenters. The molecule has 2 atom stereocenters. The van der Waals surface area contributed by atoms with Crippen molar-refractivity contribution in [2.75, 3.05) is 25.6 Å². The molecule has 8 nitrogen and oxygen atoms in total. The van der Waals surface area contributed by atoms with Crippen LogP contribution in [0.25, 0.3) is 11.1 Å². The Hall–Kier alpha value is -3.24. The van der Waals surface area contributed by atoms with Crippen molar-refractivity contribution in [1.29, 1.82) is 0 Å². The molecule has 1 aliphatic carbocycles. The van der Waals surface area contributed by atoms with Gasteiger partial charge in [0.2, 0.25) is 5.91 Å². The van der Waals surface area contributed by atoms with Gasteiger partial charge in [-0.2, -0.15) is 4.98 Å². The predicted octanol–water partition coefficient (Wildman–Crippen LogP) is 5.59. The minimum absolute atomic E-state index is 0.0156. The summed E-state index contributed by atoms with van der Waals surface area (Å²) in [5.74, 6) is -1.00. The number of anilines is 2. The van der Waals surface area contributed by atoms with Crippen molar-refractivity contribution in [3.8, 4) is 0 Å². The molecule has 2 fully saturated rings. The first-order valence-electron chi connectivity index (χ1n) is 13.0. The van der Waals surface area contributed by atoms with Crippen molar-refractivity contribution in [1.82, 2.24) is 9.88 Å². The normalized spacial score (nSPS) is 23.2. The van der Waals surface area contributed by atoms with Crippen molar-refractivity contribution in [2.45, 2.75) is 56.8 Å². The first kappa shape index (κ1) is 27.3. The Morgan fingerprint density at radius 3 is 2.72 bits per heavy atom. The van der Waals surface area contributed by atoms with Crippen LogP contribution in [0.3, 0.4) is 0 Å². The largest absolute Gasteiger partial charge is 0.469 e. The van der Waals surface area contributed by atoms with E-state index in [0.717, 1.165) is 12.8 Å². The molecular weight excluding hydrogens is 532 g/mol. The highest BCUT2D eigenvalue weighted by molar-refractivity contribution is 6.33. The van der Waals surface area contributed by atoms with Gasteiger partial charge in [0.1, 0.15) is 11.7 Å². The third-order valence-electron chi connectivity index (χ3n) is 7.41. The van der Waals surface area contributed by atoms with Gasteiger partial charge in [-0.1, -0.05) is 23.7 Å². The summed E-state index contributed by atoms with van der Waals surface area (Å²) < 4.78 is 44.5. The molecule has 1 aliphatic heterocycles. The van der Waals surface area contributed by atoms with E-state index in [1.807, 2.05) is 0 Å². The van der Waals surface area contributed by atoms with E-state index < -0.39 is 12.0 Å². The zero-order valence-corrected chi connectivity index (χ0v) is 22.3. The second-order valence-corrected chi connectivity index (χ2v) is 10.5. The molecule has 0 spiro atoms. The van der Waals surface area contributed by atoms with Gasteiger partial charge in [0, 0.05) is 6.42 Å². The number of nitrogens with zero attached hydrogens (tertiary/aromatic N) is 2. The maximum absolute atomic E-state index is 14.3. The summed E-state index contributed by atoms with van der Waals surface area (Å²) in [7, 11) is 1.40. The Bertz CT molecular complexity index is 1340. The van der Waals surface area contributed by atoms with Gasteiger partial charge in [-0.25, -0.2) is 8.78 Å². The number of ether oxygens (including phenoxy) is 2. The highest BCUT2D eigenvalue weighted by atomic mass is 35.5. The van der Waals surface area contributed by atoms with Crippen LogP contribution in [-0.4, -0.2) is 60.3 Å². The Morgan fingerprint density at radius 1 is 1.21 bits per heavy atom. The minimum Gasteiger partial charge on any atom is -0.469 e. The molecule has 1 saturated heterocycles. The molecule has 2 heterocycles. The van der Waals surface area contributed by atoms with Crippen molar-refractivity contribution < 1.29 is 32.3 Å². The van der Waals surface area contributed by atoms with Crippen LogP contribution in [-0.2, 0) is 25.5 Å². The smallest absolute Gasteiger partial charge is 0.308 e. The molecule has 0 radical (unpaired) electrons. The molecule has 0 bridgehead atoms. The molecule has 1 saturated carbocycles. The Labute approximate surface area is 229 Å². The number of rotatable bonds is 8. The van der Waals surface area contributed by atoms with E-state index in [2.05, 4.69) is 10.3 Å². The quantitative estimate of drug-likeness (QED) is 0.358. The van der Waals surface area contributed by atoms with Gasteiger partial charge in [0.15, 0.2) is 11.4 Å². The highest BCUT2D eigenvalue weighted by Gasteiger charge is 2.36. The Balaban J connectivity index is 1.16. The average molecular weight is 562 g/mol. The van der Waals surface area contributed by atoms with E-state index in [9.17, 15) is 18.4 Å². The number of likely N-dealkylation sites (tertiary alicyclic amines) is 1. The number of para-hydroxylation sites is 1. The van der Waals surface area contributed by atoms with Gasteiger partial charge in [-0.3, -0.25) is 9.59 Å². The van der Waals surface area contributed by atoms with Crippen LogP contribution < -0.4 is 5.32 Å². The summed E-state index contributed by atoms with van der Waals surface area (Å²) in [6, 6.07) is 9.29. The molecule has 1 amide bonds. The number of alkyl halides is 1. The van der Waals surface area contributed by atoms with Crippen molar-refractivity contribution in [3.05, 3.63) is 52.8 Å². The van der Waals surface area contributed by atoms with Crippen LogP contribution in [0.4, 0.5) is 20.5 Å². The fourth-order valence-electron chi connectivity index (χ4n) is 5.33. The number of hydrogen-bond acceptors (Lipinski definition) is 7. The summed E-state index contributed by atoms with van der Waals surface area (Å²) in [6.07, 6.45) is 2.04. The first-order chi connectivity index (χ1) is 18.8. The number of halogens is 3. The summed E-state index contributed by atoms with van der Waals surface area (Å²) in [5, 5.41) is 3.26. The fourth-order valence-corrected chi connectivity index (χ4v) is 5.58. The molecule has 39 heavy (non-hydrogen) atoms. The molecule has 2 aliphatic rings. The van der Waals surface area contributed by atoms with Gasteiger partial charge in [-0.15, -0.1) is 0 Å². The van der Waals surface area contributed by atoms with Crippen LogP contribution in [0.5, 0.6) is 0 Å². The lowest BCUT2D eigenvalue weighted by Gasteiger charge is -2.30. The molecule has 5 rings (SSSR count). The average Bonchev–Trinajstić information content (AvgIpc) is 3.52. The summed E-state index contributed by atoms with van der Waals surface area (Å²) >= 11 is 6.44. The lowest BCUT2D eigenvalue weighted by Crippen LogP contribution is -2.40. The number of methoxy groups -OCH3 is 1. The summed E-state index contributed by atoms with van der Waals surface area (Å²) in [5.41, 5.74) is 1.57. The fraction of sp³-hybridized carbons (Fsp3) is 0.464. The van der Waals surface area contributed by atoms with Crippen molar-refractivity contribution in [3.63, 3.8) is 0 Å². The molecular formula is C28H30ClF2N3O5. The van der Waals surface area contributed by atoms with Gasteiger partial charge in [0.25, 0.3) is 6.01 Å². The van der Waals surface area contributed by atoms with E-state index in [1.165, 1.54) is 13.2 Å². The van der Waals surface area contributed by atoms with Crippen LogP contribution in [0.2, 0.25) is 5.02 Å². The summed E-state index contributed by atoms with van der Waals surface area (Å²) in [4.78, 5) is 30.6. The van der Waals surface area contributed by atoms with Gasteiger partial charge < -0.3 is 24.1 Å². The van der Waals surface area contributed by atoms with Crippen LogP contribution in [0.15, 0.2) is 40.8 Å². The van der Waals surface area contributed by atoms with E-state index in [4.69, 9.17) is 25.5 Å². The monoisotopic (exact) mass is 561 g/mol. The number of nitrogens with one attached hydrogen (secondary N) is 1. The molecule has 1 aromatic heterocycles. The lowest BCUT2D eigenvalue weighted by molar-refractivity contribution is -0.148. The number of aromatic nitrogens is 1. The Kier molecular flexibility index (Phi) is 8.32. The lowest BCUT2D eigenvalue weighted by atomic mass is 9.87. The number of fused-ring (bicyclic) bond motifs is 1. The topological polar surface area (TPSA) is 93.9 Å². The Morgan fingerprint density at radius 2 is 2.00 bits per heavy atom. The predicted molar refractivity (Wildman–Crippen MR) is 141 cm³/mol. The van der Waals surface area contributed by atoms with Crippen LogP contribution >= 0.6 is 11.6 Å². The molecule has 2 aromatic carbocycles. The number of carbonyl (C=O) groups excluding carboxylic acids is 2. The second kappa shape index (κ2) is 11.9. The maximum atomic E-state index is 14.3.